The van der Waals surface area contributed by atoms with Gasteiger partial charge in [-0.25, -0.2) is 0 Å². The van der Waals surface area contributed by atoms with E-state index in [1.54, 1.807) is 0 Å². The van der Waals surface area contributed by atoms with Gasteiger partial charge in [-0.15, -0.1) is 0 Å². The molecule has 12 heavy (non-hydrogen) atoms. The number of aliphatic hydroxyl groups is 1. The number of piperidine rings is 1. The number of rotatable bonds is 0. The van der Waals surface area contributed by atoms with E-state index in [4.69, 9.17) is 9.84 Å². The SMILES string of the molecule is CN1CCC2(CC1)CNC(O)O2. The summed E-state index contributed by atoms with van der Waals surface area (Å²) in [6.45, 7) is 2.92. The Balaban J connectivity index is 1.95. The minimum absolute atomic E-state index is 0.0775. The Bertz CT molecular complexity index is 166. The molecule has 0 aromatic carbocycles. The summed E-state index contributed by atoms with van der Waals surface area (Å²) < 4.78 is 5.46. The monoisotopic (exact) mass is 172 g/mol. The second-order valence-corrected chi connectivity index (χ2v) is 3.84. The van der Waals surface area contributed by atoms with E-state index >= 15 is 0 Å². The van der Waals surface area contributed by atoms with Crippen LogP contribution in [0.3, 0.4) is 0 Å². The van der Waals surface area contributed by atoms with Gasteiger partial charge in [0.1, 0.15) is 0 Å². The Morgan fingerprint density at radius 2 is 2.17 bits per heavy atom. The van der Waals surface area contributed by atoms with Crippen LogP contribution in [0.1, 0.15) is 12.8 Å². The molecule has 2 aliphatic heterocycles. The fraction of sp³-hybridized carbons (Fsp3) is 1.00. The molecule has 1 unspecified atom stereocenters. The number of nitrogens with one attached hydrogen (secondary N) is 1. The molecule has 70 valence electrons. The van der Waals surface area contributed by atoms with Gasteiger partial charge >= 0.3 is 0 Å². The van der Waals surface area contributed by atoms with Crippen molar-refractivity contribution >= 4 is 0 Å². The van der Waals surface area contributed by atoms with E-state index < -0.39 is 6.41 Å². The standard InChI is InChI=1S/C8H16N2O2/c1-10-4-2-8(3-5-10)6-9-7(11)12-8/h7,9,11H,2-6H2,1H3. The molecule has 0 aliphatic carbocycles. The van der Waals surface area contributed by atoms with Crippen molar-refractivity contribution < 1.29 is 9.84 Å². The van der Waals surface area contributed by atoms with Crippen LogP contribution in [-0.2, 0) is 4.74 Å². The number of nitrogens with zero attached hydrogens (tertiary/aromatic N) is 1. The van der Waals surface area contributed by atoms with Gasteiger partial charge in [0.2, 0.25) is 6.41 Å². The number of aliphatic hydroxyl groups excluding tert-OH is 1. The van der Waals surface area contributed by atoms with Gasteiger partial charge in [-0.1, -0.05) is 0 Å². The smallest absolute Gasteiger partial charge is 0.214 e. The molecule has 4 heteroatoms. The van der Waals surface area contributed by atoms with Crippen LogP contribution in [-0.4, -0.2) is 48.7 Å². The van der Waals surface area contributed by atoms with Gasteiger partial charge < -0.3 is 14.7 Å². The lowest BCUT2D eigenvalue weighted by atomic mass is 9.92. The highest BCUT2D eigenvalue weighted by Crippen LogP contribution is 2.29. The molecule has 4 nitrogen and oxygen atoms in total. The molecule has 0 radical (unpaired) electrons. The van der Waals surface area contributed by atoms with Crippen LogP contribution in [0.5, 0.6) is 0 Å². The van der Waals surface area contributed by atoms with E-state index in [0.717, 1.165) is 32.5 Å². The first-order chi connectivity index (χ1) is 5.70. The number of ether oxygens (including phenoxy) is 1. The molecule has 0 bridgehead atoms. The van der Waals surface area contributed by atoms with Crippen LogP contribution in [0.2, 0.25) is 0 Å². The molecule has 1 spiro atoms. The Hall–Kier alpha value is -0.160. The summed E-state index contributed by atoms with van der Waals surface area (Å²) in [6.07, 6.45) is 1.30. The van der Waals surface area contributed by atoms with Gasteiger partial charge in [0.05, 0.1) is 5.60 Å². The van der Waals surface area contributed by atoms with Crippen LogP contribution < -0.4 is 5.32 Å². The summed E-state index contributed by atoms with van der Waals surface area (Å²) in [5.74, 6) is 0. The maximum Gasteiger partial charge on any atom is 0.214 e. The third-order valence-electron chi connectivity index (χ3n) is 2.86. The van der Waals surface area contributed by atoms with Crippen molar-refractivity contribution in [3.63, 3.8) is 0 Å². The lowest BCUT2D eigenvalue weighted by Crippen LogP contribution is -2.45. The maximum absolute atomic E-state index is 9.17. The van der Waals surface area contributed by atoms with Crippen LogP contribution in [0, 0.1) is 0 Å². The van der Waals surface area contributed by atoms with Gasteiger partial charge in [-0.3, -0.25) is 5.32 Å². The van der Waals surface area contributed by atoms with Crippen molar-refractivity contribution in [2.24, 2.45) is 0 Å². The highest BCUT2D eigenvalue weighted by molar-refractivity contribution is 4.92. The fourth-order valence-corrected chi connectivity index (χ4v) is 1.91. The van der Waals surface area contributed by atoms with Gasteiger partial charge in [-0.2, -0.15) is 0 Å². The normalized spacial score (nSPS) is 36.0. The van der Waals surface area contributed by atoms with E-state index in [0.29, 0.717) is 0 Å². The quantitative estimate of drug-likeness (QED) is 0.509. The van der Waals surface area contributed by atoms with Crippen molar-refractivity contribution in [3.8, 4) is 0 Å². The maximum atomic E-state index is 9.17. The van der Waals surface area contributed by atoms with E-state index in [1.165, 1.54) is 0 Å². The van der Waals surface area contributed by atoms with E-state index in [-0.39, 0.29) is 5.60 Å². The average Bonchev–Trinajstić information content (AvgIpc) is 2.40. The summed E-state index contributed by atoms with van der Waals surface area (Å²) in [6, 6.07) is 0. The van der Waals surface area contributed by atoms with Gasteiger partial charge in [0, 0.05) is 19.6 Å². The zero-order valence-corrected chi connectivity index (χ0v) is 7.42. The summed E-state index contributed by atoms with van der Waals surface area (Å²) in [4.78, 5) is 2.29. The van der Waals surface area contributed by atoms with Gasteiger partial charge in [0.25, 0.3) is 0 Å². The molecular weight excluding hydrogens is 156 g/mol. The molecular formula is C8H16N2O2. The second-order valence-electron chi connectivity index (χ2n) is 3.84. The molecule has 0 amide bonds. The molecule has 2 heterocycles. The fourth-order valence-electron chi connectivity index (χ4n) is 1.91. The highest BCUT2D eigenvalue weighted by Gasteiger charge is 2.41. The molecule has 2 rings (SSSR count). The van der Waals surface area contributed by atoms with Gasteiger partial charge in [-0.05, 0) is 19.9 Å². The molecule has 1 atom stereocenters. The second kappa shape index (κ2) is 2.96. The Labute approximate surface area is 72.5 Å². The topological polar surface area (TPSA) is 44.7 Å². The molecule has 2 aliphatic rings. The van der Waals surface area contributed by atoms with Crippen LogP contribution in [0.25, 0.3) is 0 Å². The summed E-state index contributed by atoms with van der Waals surface area (Å²) in [5.41, 5.74) is -0.0775. The minimum atomic E-state index is -0.742. The zero-order valence-electron chi connectivity index (χ0n) is 7.42. The molecule has 2 N–H and O–H groups in total. The van der Waals surface area contributed by atoms with E-state index in [9.17, 15) is 0 Å². The number of likely N-dealkylation sites (tertiary alicyclic amines) is 1. The van der Waals surface area contributed by atoms with Crippen molar-refractivity contribution in [1.29, 1.82) is 0 Å². The van der Waals surface area contributed by atoms with Gasteiger partial charge in [0.15, 0.2) is 0 Å². The van der Waals surface area contributed by atoms with Crippen LogP contribution in [0.4, 0.5) is 0 Å². The van der Waals surface area contributed by atoms with E-state index in [2.05, 4.69) is 17.3 Å². The third-order valence-corrected chi connectivity index (χ3v) is 2.86. The van der Waals surface area contributed by atoms with Crippen LogP contribution >= 0.6 is 0 Å². The molecule has 0 aromatic rings. The highest BCUT2D eigenvalue weighted by atomic mass is 16.6. The number of hydrogen-bond acceptors (Lipinski definition) is 4. The Morgan fingerprint density at radius 1 is 1.50 bits per heavy atom. The van der Waals surface area contributed by atoms with E-state index in [1.807, 2.05) is 0 Å². The zero-order chi connectivity index (χ0) is 8.60. The summed E-state index contributed by atoms with van der Waals surface area (Å²) in [5, 5.41) is 12.1. The van der Waals surface area contributed by atoms with Crippen molar-refractivity contribution in [2.75, 3.05) is 26.7 Å². The molecule has 0 saturated carbocycles. The van der Waals surface area contributed by atoms with Crippen LogP contribution in [0.15, 0.2) is 0 Å². The Morgan fingerprint density at radius 3 is 2.67 bits per heavy atom. The average molecular weight is 172 g/mol. The lowest BCUT2D eigenvalue weighted by molar-refractivity contribution is -0.156. The predicted molar refractivity (Wildman–Crippen MR) is 44.6 cm³/mol. The lowest BCUT2D eigenvalue weighted by Gasteiger charge is -2.36. The van der Waals surface area contributed by atoms with Crippen molar-refractivity contribution in [1.82, 2.24) is 10.2 Å². The first-order valence-corrected chi connectivity index (χ1v) is 4.48. The summed E-state index contributed by atoms with van der Waals surface area (Å²) in [7, 11) is 2.12. The van der Waals surface area contributed by atoms with Crippen molar-refractivity contribution in [3.05, 3.63) is 0 Å². The molecule has 2 saturated heterocycles. The molecule has 0 aromatic heterocycles. The largest absolute Gasteiger partial charge is 0.356 e. The third kappa shape index (κ3) is 1.47. The first-order valence-electron chi connectivity index (χ1n) is 4.48. The minimum Gasteiger partial charge on any atom is -0.356 e. The van der Waals surface area contributed by atoms with Crippen molar-refractivity contribution in [2.45, 2.75) is 24.9 Å². The number of hydrogen-bond donors (Lipinski definition) is 2. The first kappa shape index (κ1) is 8.44. The summed E-state index contributed by atoms with van der Waals surface area (Å²) >= 11 is 0. The molecule has 2 fully saturated rings. The Kier molecular flexibility index (Phi) is 2.08. The predicted octanol–water partition coefficient (Wildman–Crippen LogP) is -0.653.